The number of nitrogens with one attached hydrogen (secondary N) is 2. The van der Waals surface area contributed by atoms with Crippen LogP contribution in [0, 0.1) is 0 Å². The molecule has 19 heavy (non-hydrogen) atoms. The Kier molecular flexibility index (Phi) is 7.85. The molecule has 0 rings (SSSR count). The molecule has 0 aliphatic rings. The Bertz CT molecular complexity index is 357. The van der Waals surface area contributed by atoms with Crippen molar-refractivity contribution in [3.63, 3.8) is 0 Å². The Morgan fingerprint density at radius 2 is 1.68 bits per heavy atom. The minimum atomic E-state index is -1.17. The topological polar surface area (TPSA) is 159 Å². The number of hydrogen-bond acceptors (Lipinski definition) is 5. The van der Waals surface area contributed by atoms with Crippen molar-refractivity contribution in [2.45, 2.75) is 25.3 Å². The van der Waals surface area contributed by atoms with Crippen molar-refractivity contribution in [1.29, 1.82) is 0 Å². The molecule has 0 aromatic carbocycles. The fourth-order valence-electron chi connectivity index (χ4n) is 1.14. The molecule has 0 heterocycles. The molecule has 0 aromatic heterocycles. The third-order valence-corrected chi connectivity index (χ3v) is 2.05. The SMILES string of the molecule is N[C@H](CC(=O)O)C(=O)NCCCC(=O)NCC(=O)O. The minimum Gasteiger partial charge on any atom is -0.481 e. The quantitative estimate of drug-likeness (QED) is 0.301. The first-order valence-corrected chi connectivity index (χ1v) is 5.56. The molecule has 0 radical (unpaired) electrons. The van der Waals surface area contributed by atoms with Crippen molar-refractivity contribution in [3.8, 4) is 0 Å². The van der Waals surface area contributed by atoms with Gasteiger partial charge in [0.2, 0.25) is 11.8 Å². The molecule has 1 atom stereocenters. The van der Waals surface area contributed by atoms with Gasteiger partial charge in [0.25, 0.3) is 0 Å². The maximum Gasteiger partial charge on any atom is 0.322 e. The molecule has 6 N–H and O–H groups in total. The van der Waals surface area contributed by atoms with Gasteiger partial charge in [-0.3, -0.25) is 19.2 Å². The largest absolute Gasteiger partial charge is 0.481 e. The van der Waals surface area contributed by atoms with Crippen LogP contribution in [0.1, 0.15) is 19.3 Å². The average Bonchev–Trinajstić information content (AvgIpc) is 2.30. The molecule has 0 aliphatic heterocycles. The van der Waals surface area contributed by atoms with Gasteiger partial charge in [-0.1, -0.05) is 0 Å². The van der Waals surface area contributed by atoms with Gasteiger partial charge in [0.1, 0.15) is 6.54 Å². The van der Waals surface area contributed by atoms with Gasteiger partial charge in [-0.15, -0.1) is 0 Å². The van der Waals surface area contributed by atoms with E-state index in [1.807, 2.05) is 0 Å². The van der Waals surface area contributed by atoms with E-state index in [9.17, 15) is 19.2 Å². The standard InChI is InChI=1S/C10H17N3O6/c11-6(4-8(15)16)10(19)12-3-1-2-7(14)13-5-9(17)18/h6H,1-5,11H2,(H,12,19)(H,13,14)(H,15,16)(H,17,18)/t6-/m1/s1. The zero-order chi connectivity index (χ0) is 14.8. The van der Waals surface area contributed by atoms with E-state index in [1.165, 1.54) is 0 Å². The summed E-state index contributed by atoms with van der Waals surface area (Å²) in [5, 5.41) is 21.3. The van der Waals surface area contributed by atoms with Crippen LogP contribution < -0.4 is 16.4 Å². The van der Waals surface area contributed by atoms with Crippen LogP contribution in [0.5, 0.6) is 0 Å². The third kappa shape index (κ3) is 9.53. The fraction of sp³-hybridized carbons (Fsp3) is 0.600. The van der Waals surface area contributed by atoms with Gasteiger partial charge in [-0.05, 0) is 6.42 Å². The van der Waals surface area contributed by atoms with Crippen LogP contribution in [0.4, 0.5) is 0 Å². The predicted octanol–water partition coefficient (Wildman–Crippen LogP) is -2.11. The summed E-state index contributed by atoms with van der Waals surface area (Å²) in [6.07, 6.45) is -0.107. The number of nitrogens with two attached hydrogens (primary N) is 1. The van der Waals surface area contributed by atoms with Crippen LogP contribution in [-0.2, 0) is 19.2 Å². The lowest BCUT2D eigenvalue weighted by atomic mass is 10.2. The highest BCUT2D eigenvalue weighted by atomic mass is 16.4. The Morgan fingerprint density at radius 3 is 2.21 bits per heavy atom. The van der Waals surface area contributed by atoms with Crippen LogP contribution in [0.2, 0.25) is 0 Å². The van der Waals surface area contributed by atoms with E-state index >= 15 is 0 Å². The Balaban J connectivity index is 3.68. The second-order valence-electron chi connectivity index (χ2n) is 3.77. The van der Waals surface area contributed by atoms with Gasteiger partial charge in [-0.25, -0.2) is 0 Å². The van der Waals surface area contributed by atoms with E-state index in [0.717, 1.165) is 0 Å². The second kappa shape index (κ2) is 8.86. The van der Waals surface area contributed by atoms with Crippen LogP contribution in [-0.4, -0.2) is 53.1 Å². The number of hydrogen-bond donors (Lipinski definition) is 5. The van der Waals surface area contributed by atoms with Crippen molar-refractivity contribution < 1.29 is 29.4 Å². The number of rotatable bonds is 9. The zero-order valence-corrected chi connectivity index (χ0v) is 10.2. The summed E-state index contributed by atoms with van der Waals surface area (Å²) < 4.78 is 0. The molecule has 0 unspecified atom stereocenters. The molecule has 108 valence electrons. The molecule has 0 saturated carbocycles. The molecule has 9 nitrogen and oxygen atoms in total. The minimum absolute atomic E-state index is 0.0573. The summed E-state index contributed by atoms with van der Waals surface area (Å²) in [7, 11) is 0. The van der Waals surface area contributed by atoms with Crippen LogP contribution in [0.15, 0.2) is 0 Å². The number of carbonyl (C=O) groups excluding carboxylic acids is 2. The van der Waals surface area contributed by atoms with E-state index in [1.54, 1.807) is 0 Å². The van der Waals surface area contributed by atoms with Gasteiger partial charge in [-0.2, -0.15) is 0 Å². The molecule has 9 heteroatoms. The number of aliphatic carboxylic acids is 2. The summed E-state index contributed by atoms with van der Waals surface area (Å²) in [6, 6.07) is -1.13. The Hall–Kier alpha value is -2.16. The van der Waals surface area contributed by atoms with E-state index in [4.69, 9.17) is 15.9 Å². The molecule has 0 aliphatic carbocycles. The van der Waals surface area contributed by atoms with E-state index in [0.29, 0.717) is 6.42 Å². The normalized spacial score (nSPS) is 11.4. The van der Waals surface area contributed by atoms with Crippen molar-refractivity contribution in [2.75, 3.05) is 13.1 Å². The first-order valence-electron chi connectivity index (χ1n) is 5.56. The van der Waals surface area contributed by atoms with Crippen molar-refractivity contribution in [3.05, 3.63) is 0 Å². The maximum absolute atomic E-state index is 11.3. The molecular formula is C10H17N3O6. The fourth-order valence-corrected chi connectivity index (χ4v) is 1.14. The highest BCUT2D eigenvalue weighted by molar-refractivity contribution is 5.86. The summed E-state index contributed by atoms with van der Waals surface area (Å²) in [4.78, 5) is 42.8. The predicted molar refractivity (Wildman–Crippen MR) is 63.1 cm³/mol. The summed E-state index contributed by atoms with van der Waals surface area (Å²) in [6.45, 7) is -0.290. The zero-order valence-electron chi connectivity index (χ0n) is 10.2. The van der Waals surface area contributed by atoms with Crippen LogP contribution in [0.25, 0.3) is 0 Å². The Labute approximate surface area is 109 Å². The monoisotopic (exact) mass is 275 g/mol. The lowest BCUT2D eigenvalue weighted by molar-refractivity contribution is -0.139. The smallest absolute Gasteiger partial charge is 0.322 e. The van der Waals surface area contributed by atoms with Crippen molar-refractivity contribution in [1.82, 2.24) is 10.6 Å². The van der Waals surface area contributed by atoms with Crippen molar-refractivity contribution >= 4 is 23.8 Å². The third-order valence-electron chi connectivity index (χ3n) is 2.05. The molecular weight excluding hydrogens is 258 g/mol. The van der Waals surface area contributed by atoms with Gasteiger partial charge >= 0.3 is 11.9 Å². The van der Waals surface area contributed by atoms with E-state index in [2.05, 4.69) is 10.6 Å². The van der Waals surface area contributed by atoms with Gasteiger partial charge < -0.3 is 26.6 Å². The molecule has 0 fully saturated rings. The lowest BCUT2D eigenvalue weighted by Crippen LogP contribution is -2.42. The first kappa shape index (κ1) is 16.8. The average molecular weight is 275 g/mol. The van der Waals surface area contributed by atoms with E-state index in [-0.39, 0.29) is 13.0 Å². The number of carboxylic acids is 2. The number of carbonyl (C=O) groups is 4. The number of carboxylic acid groups (broad SMARTS) is 2. The molecule has 0 bridgehead atoms. The lowest BCUT2D eigenvalue weighted by Gasteiger charge is -2.09. The highest BCUT2D eigenvalue weighted by Crippen LogP contribution is 1.91. The van der Waals surface area contributed by atoms with Gasteiger partial charge in [0.05, 0.1) is 12.5 Å². The van der Waals surface area contributed by atoms with Gasteiger partial charge in [0, 0.05) is 13.0 Å². The van der Waals surface area contributed by atoms with Crippen LogP contribution >= 0.6 is 0 Å². The Morgan fingerprint density at radius 1 is 1.05 bits per heavy atom. The molecule has 0 spiro atoms. The highest BCUT2D eigenvalue weighted by Gasteiger charge is 2.16. The summed E-state index contributed by atoms with van der Waals surface area (Å²) in [5.74, 6) is -3.35. The molecule has 2 amide bonds. The van der Waals surface area contributed by atoms with E-state index < -0.39 is 42.8 Å². The first-order chi connectivity index (χ1) is 8.82. The second-order valence-corrected chi connectivity index (χ2v) is 3.77. The summed E-state index contributed by atoms with van der Waals surface area (Å²) >= 11 is 0. The van der Waals surface area contributed by atoms with Crippen LogP contribution in [0.3, 0.4) is 0 Å². The summed E-state index contributed by atoms with van der Waals surface area (Å²) in [5.41, 5.74) is 5.30. The van der Waals surface area contributed by atoms with Gasteiger partial charge in [0.15, 0.2) is 0 Å². The maximum atomic E-state index is 11.3. The molecule has 0 saturated heterocycles. The number of amides is 2. The van der Waals surface area contributed by atoms with Crippen molar-refractivity contribution in [2.24, 2.45) is 5.73 Å². The molecule has 0 aromatic rings.